The first-order valence-corrected chi connectivity index (χ1v) is 12.5. The van der Waals surface area contributed by atoms with Gasteiger partial charge in [-0.1, -0.05) is 44.2 Å². The van der Waals surface area contributed by atoms with Gasteiger partial charge in [-0.15, -0.1) is 0 Å². The van der Waals surface area contributed by atoms with Gasteiger partial charge in [0.25, 0.3) is 11.8 Å². The zero-order valence-corrected chi connectivity index (χ0v) is 22.9. The summed E-state index contributed by atoms with van der Waals surface area (Å²) in [6.07, 6.45) is -4.46. The standard InChI is InChI=1S/C28H35F3N4O4/c1-16(2)14-21(34-24(37)19-12-13-22(28(29,30)31)32-17(19)3)25(38)33-20(15-18-10-8-7-9-11-18)23(36)26(39)35-27(4,5)6/h7-13,16,20-21H,14-15H2,1-6H3,(H,33,38)(H,34,37)(H,35,39)/t20?,21-/m0/s1. The van der Waals surface area contributed by atoms with Crippen molar-refractivity contribution < 1.29 is 32.3 Å². The second-order valence-corrected chi connectivity index (χ2v) is 10.8. The number of rotatable bonds is 10. The molecule has 1 unspecified atom stereocenters. The quantitative estimate of drug-likeness (QED) is 0.391. The molecular formula is C28H35F3N4O4. The first-order valence-electron chi connectivity index (χ1n) is 12.5. The van der Waals surface area contributed by atoms with Gasteiger partial charge in [0.1, 0.15) is 17.8 Å². The van der Waals surface area contributed by atoms with Crippen LogP contribution >= 0.6 is 0 Å². The van der Waals surface area contributed by atoms with Crippen LogP contribution in [0.25, 0.3) is 0 Å². The molecule has 1 aromatic heterocycles. The van der Waals surface area contributed by atoms with Crippen molar-refractivity contribution in [2.24, 2.45) is 5.92 Å². The summed E-state index contributed by atoms with van der Waals surface area (Å²) < 4.78 is 38.9. The third-order valence-electron chi connectivity index (χ3n) is 5.58. The van der Waals surface area contributed by atoms with E-state index in [0.29, 0.717) is 11.6 Å². The molecule has 0 aliphatic carbocycles. The normalized spacial score (nSPS) is 13.4. The van der Waals surface area contributed by atoms with Gasteiger partial charge < -0.3 is 16.0 Å². The molecule has 1 heterocycles. The molecule has 11 heteroatoms. The van der Waals surface area contributed by atoms with Gasteiger partial charge in [0.05, 0.1) is 11.3 Å². The van der Waals surface area contributed by atoms with E-state index in [1.54, 1.807) is 51.1 Å². The fourth-order valence-electron chi connectivity index (χ4n) is 3.79. The van der Waals surface area contributed by atoms with Crippen LogP contribution in [-0.4, -0.2) is 46.1 Å². The van der Waals surface area contributed by atoms with Crippen LogP contribution in [-0.2, 0) is 27.0 Å². The fourth-order valence-corrected chi connectivity index (χ4v) is 3.79. The van der Waals surface area contributed by atoms with E-state index >= 15 is 0 Å². The number of carbonyl (C=O) groups excluding carboxylic acids is 4. The summed E-state index contributed by atoms with van der Waals surface area (Å²) in [5.74, 6) is -3.27. The van der Waals surface area contributed by atoms with Gasteiger partial charge in [0, 0.05) is 12.0 Å². The van der Waals surface area contributed by atoms with Crippen molar-refractivity contribution in [2.45, 2.75) is 78.2 Å². The molecule has 212 valence electrons. The highest BCUT2D eigenvalue weighted by Gasteiger charge is 2.34. The molecule has 2 atom stereocenters. The lowest BCUT2D eigenvalue weighted by atomic mass is 9.98. The van der Waals surface area contributed by atoms with Gasteiger partial charge in [-0.3, -0.25) is 19.2 Å². The lowest BCUT2D eigenvalue weighted by Gasteiger charge is -2.25. The fraction of sp³-hybridized carbons (Fsp3) is 0.464. The van der Waals surface area contributed by atoms with Crippen LogP contribution < -0.4 is 16.0 Å². The molecule has 0 aliphatic heterocycles. The van der Waals surface area contributed by atoms with E-state index in [0.717, 1.165) is 6.07 Å². The van der Waals surface area contributed by atoms with Crippen LogP contribution in [0.5, 0.6) is 0 Å². The number of aromatic nitrogens is 1. The van der Waals surface area contributed by atoms with Crippen LogP contribution in [0.3, 0.4) is 0 Å². The molecule has 0 aliphatic rings. The largest absolute Gasteiger partial charge is 0.433 e. The maximum Gasteiger partial charge on any atom is 0.433 e. The molecule has 0 saturated heterocycles. The number of ketones is 1. The molecular weight excluding hydrogens is 513 g/mol. The topological polar surface area (TPSA) is 117 Å². The summed E-state index contributed by atoms with van der Waals surface area (Å²) in [5.41, 5.74) is -1.39. The third-order valence-corrected chi connectivity index (χ3v) is 5.58. The minimum absolute atomic E-state index is 0.0350. The molecule has 39 heavy (non-hydrogen) atoms. The number of nitrogens with one attached hydrogen (secondary N) is 3. The third kappa shape index (κ3) is 9.81. The van der Waals surface area contributed by atoms with E-state index in [9.17, 15) is 32.3 Å². The summed E-state index contributed by atoms with van der Waals surface area (Å²) in [6.45, 7) is 10.1. The zero-order valence-electron chi connectivity index (χ0n) is 22.9. The monoisotopic (exact) mass is 548 g/mol. The van der Waals surface area contributed by atoms with Gasteiger partial charge in [0.2, 0.25) is 11.7 Å². The molecule has 0 radical (unpaired) electrons. The average Bonchev–Trinajstić information content (AvgIpc) is 2.81. The van der Waals surface area contributed by atoms with Gasteiger partial charge in [-0.25, -0.2) is 4.98 Å². The lowest BCUT2D eigenvalue weighted by Crippen LogP contribution is -2.56. The van der Waals surface area contributed by atoms with Crippen LogP contribution in [0.2, 0.25) is 0 Å². The van der Waals surface area contributed by atoms with Crippen molar-refractivity contribution in [2.75, 3.05) is 0 Å². The zero-order chi connectivity index (χ0) is 29.5. The molecule has 0 spiro atoms. The molecule has 2 rings (SSSR count). The van der Waals surface area contributed by atoms with E-state index in [2.05, 4.69) is 20.9 Å². The Balaban J connectivity index is 2.30. The number of Topliss-reactive ketones (excluding diaryl/α,β-unsaturated/α-hetero) is 1. The molecule has 3 N–H and O–H groups in total. The second kappa shape index (κ2) is 12.9. The Hall–Kier alpha value is -3.76. The van der Waals surface area contributed by atoms with Gasteiger partial charge in [-0.2, -0.15) is 13.2 Å². The number of carbonyl (C=O) groups is 4. The number of alkyl halides is 3. The number of amides is 3. The van der Waals surface area contributed by atoms with Crippen molar-refractivity contribution in [3.05, 3.63) is 65.0 Å². The average molecular weight is 549 g/mol. The number of nitrogens with zero attached hydrogens (tertiary/aromatic N) is 1. The number of hydrogen-bond acceptors (Lipinski definition) is 5. The lowest BCUT2D eigenvalue weighted by molar-refractivity contribution is -0.141. The van der Waals surface area contributed by atoms with Crippen LogP contribution in [0, 0.1) is 12.8 Å². The first-order chi connectivity index (χ1) is 18.0. The Morgan fingerprint density at radius 2 is 1.51 bits per heavy atom. The molecule has 3 amide bonds. The number of pyridine rings is 1. The van der Waals surface area contributed by atoms with Crippen molar-refractivity contribution in [1.82, 2.24) is 20.9 Å². The second-order valence-electron chi connectivity index (χ2n) is 10.8. The van der Waals surface area contributed by atoms with E-state index in [1.807, 2.05) is 13.8 Å². The van der Waals surface area contributed by atoms with Crippen molar-refractivity contribution in [3.63, 3.8) is 0 Å². The number of aryl methyl sites for hydroxylation is 1. The van der Waals surface area contributed by atoms with E-state index in [1.165, 1.54) is 6.92 Å². The molecule has 0 saturated carbocycles. The van der Waals surface area contributed by atoms with Crippen molar-refractivity contribution in [3.8, 4) is 0 Å². The van der Waals surface area contributed by atoms with Crippen LogP contribution in [0.4, 0.5) is 13.2 Å². The molecule has 8 nitrogen and oxygen atoms in total. The molecule has 0 fully saturated rings. The number of halogens is 3. The summed E-state index contributed by atoms with van der Waals surface area (Å²) in [7, 11) is 0. The van der Waals surface area contributed by atoms with Crippen molar-refractivity contribution in [1.29, 1.82) is 0 Å². The summed E-state index contributed by atoms with van der Waals surface area (Å²) in [5, 5.41) is 7.76. The maximum absolute atomic E-state index is 13.4. The van der Waals surface area contributed by atoms with E-state index < -0.39 is 53.0 Å². The SMILES string of the molecule is Cc1nc(C(F)(F)F)ccc1C(=O)N[C@@H](CC(C)C)C(=O)NC(Cc1ccccc1)C(=O)C(=O)NC(C)(C)C. The Labute approximate surface area is 226 Å². The van der Waals surface area contributed by atoms with Crippen molar-refractivity contribution >= 4 is 23.5 Å². The molecule has 2 aromatic rings. The van der Waals surface area contributed by atoms with E-state index in [4.69, 9.17) is 0 Å². The Kier molecular flexibility index (Phi) is 10.4. The highest BCUT2D eigenvalue weighted by molar-refractivity contribution is 6.38. The van der Waals surface area contributed by atoms with Crippen LogP contribution in [0.15, 0.2) is 42.5 Å². The smallest absolute Gasteiger partial charge is 0.345 e. The minimum atomic E-state index is -4.67. The van der Waals surface area contributed by atoms with Crippen LogP contribution in [0.1, 0.15) is 68.3 Å². The molecule has 0 bridgehead atoms. The minimum Gasteiger partial charge on any atom is -0.345 e. The number of benzene rings is 1. The summed E-state index contributed by atoms with van der Waals surface area (Å²) in [4.78, 5) is 55.5. The van der Waals surface area contributed by atoms with E-state index in [-0.39, 0.29) is 30.0 Å². The Bertz CT molecular complexity index is 1190. The summed E-state index contributed by atoms with van der Waals surface area (Å²) in [6, 6.07) is 8.16. The highest BCUT2D eigenvalue weighted by Crippen LogP contribution is 2.28. The summed E-state index contributed by atoms with van der Waals surface area (Å²) >= 11 is 0. The molecule has 1 aromatic carbocycles. The maximum atomic E-state index is 13.4. The first kappa shape index (κ1) is 31.5. The Morgan fingerprint density at radius 1 is 0.897 bits per heavy atom. The van der Waals surface area contributed by atoms with Gasteiger partial charge in [-0.05, 0) is 57.7 Å². The Morgan fingerprint density at radius 3 is 2.03 bits per heavy atom. The van der Waals surface area contributed by atoms with Gasteiger partial charge >= 0.3 is 6.18 Å². The number of hydrogen-bond donors (Lipinski definition) is 3. The predicted octanol–water partition coefficient (Wildman–Crippen LogP) is 3.76. The highest BCUT2D eigenvalue weighted by atomic mass is 19.4. The predicted molar refractivity (Wildman–Crippen MR) is 140 cm³/mol. The van der Waals surface area contributed by atoms with Gasteiger partial charge in [0.15, 0.2) is 0 Å².